The number of rotatable bonds is 5. The molecule has 0 fully saturated rings. The average Bonchev–Trinajstić information content (AvgIpc) is 2.61. The van der Waals surface area contributed by atoms with Crippen molar-refractivity contribution in [3.63, 3.8) is 0 Å². The SMILES string of the molecule is CC(=O)N(C(=O)C(=O)N(CCO)Cc1ccccc1)c1cccc(N)c1. The van der Waals surface area contributed by atoms with Crippen molar-refractivity contribution < 1.29 is 19.5 Å². The summed E-state index contributed by atoms with van der Waals surface area (Å²) in [6.45, 7) is 1.02. The second kappa shape index (κ2) is 8.77. The summed E-state index contributed by atoms with van der Waals surface area (Å²) in [5.74, 6) is -2.47. The van der Waals surface area contributed by atoms with Gasteiger partial charge < -0.3 is 15.7 Å². The highest BCUT2D eigenvalue weighted by molar-refractivity contribution is 6.45. The lowest BCUT2D eigenvalue weighted by Gasteiger charge is -2.25. The van der Waals surface area contributed by atoms with Crippen LogP contribution in [0, 0.1) is 0 Å². The fraction of sp³-hybridized carbons (Fsp3) is 0.211. The van der Waals surface area contributed by atoms with Gasteiger partial charge in [-0.25, -0.2) is 4.90 Å². The number of imide groups is 1. The molecule has 136 valence electrons. The Bertz CT molecular complexity index is 792. The number of nitrogens with two attached hydrogens (primary N) is 1. The Morgan fingerprint density at radius 3 is 2.27 bits per heavy atom. The monoisotopic (exact) mass is 355 g/mol. The van der Waals surface area contributed by atoms with Crippen molar-refractivity contribution in [3.8, 4) is 0 Å². The molecule has 0 saturated carbocycles. The van der Waals surface area contributed by atoms with Crippen molar-refractivity contribution >= 4 is 29.1 Å². The molecule has 26 heavy (non-hydrogen) atoms. The molecule has 0 saturated heterocycles. The molecular formula is C19H21N3O4. The number of carbonyl (C=O) groups excluding carboxylic acids is 3. The number of carbonyl (C=O) groups is 3. The van der Waals surface area contributed by atoms with Crippen LogP contribution in [0.1, 0.15) is 12.5 Å². The van der Waals surface area contributed by atoms with Gasteiger partial charge in [-0.1, -0.05) is 36.4 Å². The zero-order valence-corrected chi connectivity index (χ0v) is 14.5. The van der Waals surface area contributed by atoms with Crippen molar-refractivity contribution in [1.29, 1.82) is 0 Å². The number of aliphatic hydroxyl groups is 1. The number of anilines is 2. The van der Waals surface area contributed by atoms with Gasteiger partial charge in [0.25, 0.3) is 0 Å². The molecule has 2 aromatic rings. The highest BCUT2D eigenvalue weighted by atomic mass is 16.3. The minimum atomic E-state index is -0.993. The number of nitrogen functional groups attached to an aromatic ring is 1. The summed E-state index contributed by atoms with van der Waals surface area (Å²) < 4.78 is 0. The maximum Gasteiger partial charge on any atom is 0.323 e. The smallest absolute Gasteiger partial charge is 0.323 e. The summed E-state index contributed by atoms with van der Waals surface area (Å²) in [5, 5.41) is 9.24. The van der Waals surface area contributed by atoms with E-state index in [9.17, 15) is 19.5 Å². The molecule has 0 bridgehead atoms. The van der Waals surface area contributed by atoms with Crippen LogP contribution in [0.5, 0.6) is 0 Å². The van der Waals surface area contributed by atoms with E-state index in [1.54, 1.807) is 12.1 Å². The normalized spacial score (nSPS) is 10.2. The van der Waals surface area contributed by atoms with Crippen LogP contribution >= 0.6 is 0 Å². The molecule has 0 heterocycles. The Hall–Kier alpha value is -3.19. The van der Waals surface area contributed by atoms with Crippen LogP contribution in [-0.2, 0) is 20.9 Å². The first-order valence-corrected chi connectivity index (χ1v) is 8.08. The van der Waals surface area contributed by atoms with E-state index >= 15 is 0 Å². The van der Waals surface area contributed by atoms with E-state index in [2.05, 4.69) is 0 Å². The van der Waals surface area contributed by atoms with Gasteiger partial charge in [0, 0.05) is 25.7 Å². The molecule has 0 spiro atoms. The Morgan fingerprint density at radius 2 is 1.69 bits per heavy atom. The summed E-state index contributed by atoms with van der Waals surface area (Å²) in [4.78, 5) is 39.4. The molecule has 2 aromatic carbocycles. The van der Waals surface area contributed by atoms with Crippen LogP contribution in [0.4, 0.5) is 11.4 Å². The number of hydrogen-bond acceptors (Lipinski definition) is 5. The van der Waals surface area contributed by atoms with Gasteiger partial charge in [0.1, 0.15) is 0 Å². The third-order valence-corrected chi connectivity index (χ3v) is 3.70. The van der Waals surface area contributed by atoms with Gasteiger partial charge in [0.2, 0.25) is 5.91 Å². The van der Waals surface area contributed by atoms with E-state index in [0.717, 1.165) is 10.5 Å². The van der Waals surface area contributed by atoms with Gasteiger partial charge in [0.05, 0.1) is 12.3 Å². The fourth-order valence-corrected chi connectivity index (χ4v) is 2.51. The number of aliphatic hydroxyl groups excluding tert-OH is 1. The first kappa shape index (κ1) is 19.1. The summed E-state index contributed by atoms with van der Waals surface area (Å²) in [7, 11) is 0. The van der Waals surface area contributed by atoms with Gasteiger partial charge in [-0.2, -0.15) is 0 Å². The van der Waals surface area contributed by atoms with E-state index in [0.29, 0.717) is 5.69 Å². The molecule has 2 rings (SSSR count). The largest absolute Gasteiger partial charge is 0.399 e. The maximum atomic E-state index is 12.7. The summed E-state index contributed by atoms with van der Waals surface area (Å²) >= 11 is 0. The number of nitrogens with zero attached hydrogens (tertiary/aromatic N) is 2. The highest BCUT2D eigenvalue weighted by Gasteiger charge is 2.30. The summed E-state index contributed by atoms with van der Waals surface area (Å²) in [6.07, 6.45) is 0. The lowest BCUT2D eigenvalue weighted by Crippen LogP contribution is -2.47. The second-order valence-corrected chi connectivity index (χ2v) is 5.69. The Morgan fingerprint density at radius 1 is 1.00 bits per heavy atom. The lowest BCUT2D eigenvalue weighted by atomic mass is 10.2. The van der Waals surface area contributed by atoms with Crippen LogP contribution in [-0.4, -0.2) is 40.9 Å². The Labute approximate surface area is 151 Å². The molecule has 3 N–H and O–H groups in total. The lowest BCUT2D eigenvalue weighted by molar-refractivity contribution is -0.146. The average molecular weight is 355 g/mol. The number of benzene rings is 2. The van der Waals surface area contributed by atoms with Crippen molar-refractivity contribution in [2.24, 2.45) is 0 Å². The quantitative estimate of drug-likeness (QED) is 0.619. The van der Waals surface area contributed by atoms with E-state index in [-0.39, 0.29) is 25.4 Å². The second-order valence-electron chi connectivity index (χ2n) is 5.69. The van der Waals surface area contributed by atoms with Crippen molar-refractivity contribution in [1.82, 2.24) is 4.90 Å². The molecule has 0 aliphatic rings. The number of amides is 3. The number of hydrogen-bond donors (Lipinski definition) is 2. The molecule has 0 aliphatic heterocycles. The predicted octanol–water partition coefficient (Wildman–Crippen LogP) is 1.17. The van der Waals surface area contributed by atoms with Crippen molar-refractivity contribution in [3.05, 3.63) is 60.2 Å². The van der Waals surface area contributed by atoms with Gasteiger partial charge >= 0.3 is 11.8 Å². The minimum Gasteiger partial charge on any atom is -0.399 e. The summed E-state index contributed by atoms with van der Waals surface area (Å²) in [6, 6.07) is 15.3. The van der Waals surface area contributed by atoms with Crippen LogP contribution in [0.3, 0.4) is 0 Å². The van der Waals surface area contributed by atoms with Crippen LogP contribution in [0.25, 0.3) is 0 Å². The molecule has 3 amide bonds. The van der Waals surface area contributed by atoms with Crippen molar-refractivity contribution in [2.45, 2.75) is 13.5 Å². The first-order chi connectivity index (χ1) is 12.4. The zero-order chi connectivity index (χ0) is 19.1. The Balaban J connectivity index is 2.27. The zero-order valence-electron chi connectivity index (χ0n) is 14.5. The third-order valence-electron chi connectivity index (χ3n) is 3.70. The van der Waals surface area contributed by atoms with Crippen LogP contribution < -0.4 is 10.6 Å². The highest BCUT2D eigenvalue weighted by Crippen LogP contribution is 2.19. The molecule has 0 aliphatic carbocycles. The molecule has 7 nitrogen and oxygen atoms in total. The first-order valence-electron chi connectivity index (χ1n) is 8.08. The molecule has 0 unspecified atom stereocenters. The van der Waals surface area contributed by atoms with Crippen LogP contribution in [0.15, 0.2) is 54.6 Å². The summed E-state index contributed by atoms with van der Waals surface area (Å²) in [5.41, 5.74) is 7.10. The van der Waals surface area contributed by atoms with E-state index in [1.807, 2.05) is 30.3 Å². The van der Waals surface area contributed by atoms with Gasteiger partial charge in [-0.15, -0.1) is 0 Å². The van der Waals surface area contributed by atoms with Gasteiger partial charge in [0.15, 0.2) is 0 Å². The maximum absolute atomic E-state index is 12.7. The van der Waals surface area contributed by atoms with E-state index in [1.165, 1.54) is 24.0 Å². The fourth-order valence-electron chi connectivity index (χ4n) is 2.51. The Kier molecular flexibility index (Phi) is 6.46. The van der Waals surface area contributed by atoms with Gasteiger partial charge in [-0.05, 0) is 23.8 Å². The molecular weight excluding hydrogens is 334 g/mol. The van der Waals surface area contributed by atoms with Gasteiger partial charge in [-0.3, -0.25) is 14.4 Å². The predicted molar refractivity (Wildman–Crippen MR) is 98.0 cm³/mol. The standard InChI is InChI=1S/C19H21N3O4/c1-14(24)22(17-9-5-8-16(20)12-17)19(26)18(25)21(10-11-23)13-15-6-3-2-4-7-15/h2-9,12,23H,10-11,13,20H2,1H3. The minimum absolute atomic E-state index is 0.0257. The molecule has 7 heteroatoms. The van der Waals surface area contributed by atoms with E-state index < -0.39 is 17.7 Å². The molecule has 0 aromatic heterocycles. The molecule has 0 atom stereocenters. The van der Waals surface area contributed by atoms with E-state index in [4.69, 9.17) is 5.73 Å². The topological polar surface area (TPSA) is 104 Å². The molecule has 0 radical (unpaired) electrons. The van der Waals surface area contributed by atoms with Crippen LogP contribution in [0.2, 0.25) is 0 Å². The third kappa shape index (κ3) is 4.67. The van der Waals surface area contributed by atoms with Crippen molar-refractivity contribution in [2.75, 3.05) is 23.8 Å².